The van der Waals surface area contributed by atoms with Crippen molar-refractivity contribution in [2.45, 2.75) is 31.0 Å². The van der Waals surface area contributed by atoms with Crippen LogP contribution >= 0.6 is 0 Å². The number of nitrogens with zero attached hydrogens (tertiary/aromatic N) is 2. The molecule has 4 atom stereocenters. The largest absolute Gasteiger partial charge is 0.394 e. The van der Waals surface area contributed by atoms with Gasteiger partial charge >= 0.3 is 5.69 Å². The molecule has 2 rings (SSSR count). The second kappa shape index (κ2) is 4.32. The van der Waals surface area contributed by atoms with E-state index in [9.17, 15) is 15.0 Å². The number of hydrogen-bond acceptors (Lipinski definition) is 7. The lowest BCUT2D eigenvalue weighted by Crippen LogP contribution is -2.48. The van der Waals surface area contributed by atoms with E-state index in [1.165, 1.54) is 19.2 Å². The zero-order valence-corrected chi connectivity index (χ0v) is 9.72. The van der Waals surface area contributed by atoms with Crippen LogP contribution in [0, 0.1) is 0 Å². The molecule has 1 fully saturated rings. The minimum Gasteiger partial charge on any atom is -0.394 e. The highest BCUT2D eigenvalue weighted by Gasteiger charge is 2.52. The van der Waals surface area contributed by atoms with Gasteiger partial charge in [-0.3, -0.25) is 4.57 Å². The number of anilines is 1. The van der Waals surface area contributed by atoms with Crippen molar-refractivity contribution in [2.24, 2.45) is 0 Å². The Morgan fingerprint density at radius 1 is 1.61 bits per heavy atom. The van der Waals surface area contributed by atoms with Crippen molar-refractivity contribution < 1.29 is 20.1 Å². The van der Waals surface area contributed by atoms with Crippen LogP contribution in [0.25, 0.3) is 0 Å². The van der Waals surface area contributed by atoms with E-state index < -0.39 is 36.3 Å². The van der Waals surface area contributed by atoms with Crippen molar-refractivity contribution in [1.82, 2.24) is 9.55 Å². The Hall–Kier alpha value is -1.48. The van der Waals surface area contributed by atoms with Crippen LogP contribution in [0.1, 0.15) is 6.92 Å². The molecule has 18 heavy (non-hydrogen) atoms. The highest BCUT2D eigenvalue weighted by atomic mass is 16.6. The van der Waals surface area contributed by atoms with Gasteiger partial charge in [0, 0.05) is 6.20 Å². The predicted octanol–water partition coefficient (Wildman–Crippen LogP) is -2.39. The van der Waals surface area contributed by atoms with Gasteiger partial charge in [-0.15, -0.1) is 0 Å². The Balaban J connectivity index is 2.46. The molecule has 1 aromatic heterocycles. The van der Waals surface area contributed by atoms with Crippen molar-refractivity contribution >= 4 is 5.82 Å². The Kier molecular flexibility index (Phi) is 3.11. The van der Waals surface area contributed by atoms with E-state index in [4.69, 9.17) is 15.6 Å². The number of rotatable bonds is 2. The van der Waals surface area contributed by atoms with Gasteiger partial charge in [-0.25, -0.2) is 4.79 Å². The van der Waals surface area contributed by atoms with Crippen LogP contribution in [0.2, 0.25) is 0 Å². The van der Waals surface area contributed by atoms with Gasteiger partial charge in [0.05, 0.1) is 6.61 Å². The first-order valence-corrected chi connectivity index (χ1v) is 5.40. The third kappa shape index (κ3) is 1.79. The second-order valence-corrected chi connectivity index (χ2v) is 4.33. The van der Waals surface area contributed by atoms with Crippen LogP contribution in [0.15, 0.2) is 17.1 Å². The Morgan fingerprint density at radius 3 is 2.78 bits per heavy atom. The molecule has 0 saturated carbocycles. The third-order valence-corrected chi connectivity index (χ3v) is 3.13. The molecule has 1 unspecified atom stereocenters. The molecule has 0 bridgehead atoms. The third-order valence-electron chi connectivity index (χ3n) is 3.13. The quantitative estimate of drug-likeness (QED) is 0.465. The number of aliphatic hydroxyl groups excluding tert-OH is 3. The molecule has 0 radical (unpaired) electrons. The van der Waals surface area contributed by atoms with E-state index in [0.29, 0.717) is 0 Å². The lowest BCUT2D eigenvalue weighted by molar-refractivity contribution is -0.137. The number of nitrogens with two attached hydrogens (primary N) is 1. The minimum atomic E-state index is -1.50. The van der Waals surface area contributed by atoms with E-state index in [-0.39, 0.29) is 5.82 Å². The molecule has 2 heterocycles. The smallest absolute Gasteiger partial charge is 0.351 e. The maximum atomic E-state index is 11.7. The molecule has 1 aliphatic heterocycles. The standard InChI is InChI=1S/C10H15N3O5/c1-10(8(16)7(15)5(4-14)18-10)13-3-2-6(11)12-9(13)17/h2-3,5,7-8,14-16H,4H2,1H3,(H2,11,12,17)/t5-,7?,8+,10-/m1/s1. The van der Waals surface area contributed by atoms with Gasteiger partial charge in [0.15, 0.2) is 5.72 Å². The predicted molar refractivity (Wildman–Crippen MR) is 60.5 cm³/mol. The van der Waals surface area contributed by atoms with Crippen molar-refractivity contribution in [3.8, 4) is 0 Å². The van der Waals surface area contributed by atoms with Gasteiger partial charge in [-0.2, -0.15) is 4.98 Å². The van der Waals surface area contributed by atoms with E-state index >= 15 is 0 Å². The molecule has 0 spiro atoms. The average Bonchev–Trinajstić information content (AvgIpc) is 2.54. The fourth-order valence-electron chi connectivity index (χ4n) is 2.06. The summed E-state index contributed by atoms with van der Waals surface area (Å²) >= 11 is 0. The maximum absolute atomic E-state index is 11.7. The summed E-state index contributed by atoms with van der Waals surface area (Å²) < 4.78 is 6.40. The van der Waals surface area contributed by atoms with Crippen LogP contribution in [-0.4, -0.2) is 49.8 Å². The van der Waals surface area contributed by atoms with Gasteiger partial charge in [0.25, 0.3) is 0 Å². The summed E-state index contributed by atoms with van der Waals surface area (Å²) in [6.07, 6.45) is -2.29. The summed E-state index contributed by atoms with van der Waals surface area (Å²) in [6.45, 7) is 0.959. The molecule has 8 heteroatoms. The molecule has 8 nitrogen and oxygen atoms in total. The number of ether oxygens (including phenoxy) is 1. The number of aliphatic hydroxyl groups is 3. The van der Waals surface area contributed by atoms with Crippen molar-refractivity contribution in [3.05, 3.63) is 22.7 Å². The van der Waals surface area contributed by atoms with Crippen molar-refractivity contribution in [1.29, 1.82) is 0 Å². The fraction of sp³-hybridized carbons (Fsp3) is 0.600. The van der Waals surface area contributed by atoms with Crippen molar-refractivity contribution in [2.75, 3.05) is 12.3 Å². The lowest BCUT2D eigenvalue weighted by Gasteiger charge is -2.29. The van der Waals surface area contributed by atoms with Crippen LogP contribution < -0.4 is 11.4 Å². The summed E-state index contributed by atoms with van der Waals surface area (Å²) in [5, 5.41) is 28.7. The van der Waals surface area contributed by atoms with Crippen molar-refractivity contribution in [3.63, 3.8) is 0 Å². The summed E-state index contributed by atoms with van der Waals surface area (Å²) in [7, 11) is 0. The normalized spacial score (nSPS) is 35.9. The van der Waals surface area contributed by atoms with Gasteiger partial charge < -0.3 is 25.8 Å². The van der Waals surface area contributed by atoms with Crippen LogP contribution in [-0.2, 0) is 10.5 Å². The van der Waals surface area contributed by atoms with Crippen LogP contribution in [0.5, 0.6) is 0 Å². The number of hydrogen-bond donors (Lipinski definition) is 4. The molecular formula is C10H15N3O5. The zero-order chi connectivity index (χ0) is 13.5. The van der Waals surface area contributed by atoms with Gasteiger partial charge in [-0.05, 0) is 13.0 Å². The summed E-state index contributed by atoms with van der Waals surface area (Å²) in [4.78, 5) is 15.2. The van der Waals surface area contributed by atoms with E-state index in [2.05, 4.69) is 4.98 Å². The second-order valence-electron chi connectivity index (χ2n) is 4.33. The first-order chi connectivity index (χ1) is 8.40. The van der Waals surface area contributed by atoms with Gasteiger partial charge in [-0.1, -0.05) is 0 Å². The Bertz CT molecular complexity index is 505. The maximum Gasteiger partial charge on any atom is 0.351 e. The zero-order valence-electron chi connectivity index (χ0n) is 9.72. The SMILES string of the molecule is C[C@@]1(n2ccc(N)nc2=O)O[C@H](CO)C(O)[C@@H]1O. The number of aromatic nitrogens is 2. The molecule has 0 aromatic carbocycles. The minimum absolute atomic E-state index is 0.0478. The number of nitrogen functional groups attached to an aromatic ring is 1. The molecule has 1 aromatic rings. The topological polar surface area (TPSA) is 131 Å². The molecule has 5 N–H and O–H groups in total. The van der Waals surface area contributed by atoms with Gasteiger partial charge in [0.2, 0.25) is 0 Å². The Labute approximate surface area is 102 Å². The first-order valence-electron chi connectivity index (χ1n) is 5.40. The first kappa shape index (κ1) is 13.0. The highest BCUT2D eigenvalue weighted by Crippen LogP contribution is 2.34. The Morgan fingerprint density at radius 2 is 2.28 bits per heavy atom. The van der Waals surface area contributed by atoms with E-state index in [0.717, 1.165) is 4.57 Å². The van der Waals surface area contributed by atoms with Crippen LogP contribution in [0.4, 0.5) is 5.82 Å². The lowest BCUT2D eigenvalue weighted by atomic mass is 10.0. The molecule has 1 aliphatic rings. The van der Waals surface area contributed by atoms with E-state index in [1.807, 2.05) is 0 Å². The van der Waals surface area contributed by atoms with Crippen LogP contribution in [0.3, 0.4) is 0 Å². The highest BCUT2D eigenvalue weighted by molar-refractivity contribution is 5.24. The van der Waals surface area contributed by atoms with E-state index in [1.54, 1.807) is 0 Å². The summed E-state index contributed by atoms with van der Waals surface area (Å²) in [6, 6.07) is 1.38. The monoisotopic (exact) mass is 257 g/mol. The molecular weight excluding hydrogens is 242 g/mol. The fourth-order valence-corrected chi connectivity index (χ4v) is 2.06. The molecule has 1 saturated heterocycles. The molecule has 0 aliphatic carbocycles. The van der Waals surface area contributed by atoms with Gasteiger partial charge in [0.1, 0.15) is 24.1 Å². The summed E-state index contributed by atoms with van der Waals surface area (Å²) in [5.41, 5.74) is 3.17. The molecule has 0 amide bonds. The molecule has 100 valence electrons. The summed E-state index contributed by atoms with van der Waals surface area (Å²) in [5.74, 6) is 0.0478. The average molecular weight is 257 g/mol.